The Morgan fingerprint density at radius 3 is 2.42 bits per heavy atom. The maximum absolute atomic E-state index is 4.28. The number of nitrogens with one attached hydrogen (secondary N) is 1. The molecular weight excluding hydrogens is 320 g/mol. The van der Waals surface area contributed by atoms with Crippen LogP contribution >= 0.6 is 0 Å². The van der Waals surface area contributed by atoms with Crippen LogP contribution in [0.2, 0.25) is 0 Å². The quantitative estimate of drug-likeness (QED) is 0.888. The lowest BCUT2D eigenvalue weighted by atomic mass is 9.89. The zero-order chi connectivity index (χ0) is 17.8. The van der Waals surface area contributed by atoms with Crippen LogP contribution in [0.4, 0.5) is 0 Å². The van der Waals surface area contributed by atoms with Crippen LogP contribution in [0.5, 0.6) is 0 Å². The highest BCUT2D eigenvalue weighted by Crippen LogP contribution is 2.31. The summed E-state index contributed by atoms with van der Waals surface area (Å²) >= 11 is 0. The smallest absolute Gasteiger partial charge is 0.0522 e. The molecule has 1 aromatic carbocycles. The van der Waals surface area contributed by atoms with E-state index < -0.39 is 0 Å². The molecule has 140 valence electrons. The predicted molar refractivity (Wildman–Crippen MR) is 106 cm³/mol. The molecule has 0 amide bonds. The highest BCUT2D eigenvalue weighted by atomic mass is 15.2. The monoisotopic (exact) mass is 352 g/mol. The number of rotatable bonds is 5. The van der Waals surface area contributed by atoms with Crippen molar-refractivity contribution >= 4 is 0 Å². The number of nitrogens with zero attached hydrogens (tertiary/aromatic N) is 3. The van der Waals surface area contributed by atoms with Gasteiger partial charge >= 0.3 is 0 Å². The van der Waals surface area contributed by atoms with E-state index in [9.17, 15) is 0 Å². The van der Waals surface area contributed by atoms with Crippen LogP contribution in [0.15, 0.2) is 36.5 Å². The van der Waals surface area contributed by atoms with Gasteiger partial charge < -0.3 is 4.90 Å². The topological polar surface area (TPSA) is 35.2 Å². The maximum atomic E-state index is 4.28. The van der Waals surface area contributed by atoms with Crippen LogP contribution in [0, 0.1) is 0 Å². The number of benzene rings is 1. The molecule has 1 N–H and O–H groups in total. The second-order valence-electron chi connectivity index (χ2n) is 7.97. The first kappa shape index (κ1) is 17.7. The van der Waals surface area contributed by atoms with Crippen LogP contribution in [-0.2, 0) is 13.0 Å². The predicted octanol–water partition coefficient (Wildman–Crippen LogP) is 3.82. The molecule has 2 aliphatic heterocycles. The number of aromatic amines is 1. The van der Waals surface area contributed by atoms with Gasteiger partial charge in [0.05, 0.1) is 6.20 Å². The molecule has 0 atom stereocenters. The van der Waals surface area contributed by atoms with E-state index in [2.05, 4.69) is 57.3 Å². The molecule has 2 aliphatic rings. The van der Waals surface area contributed by atoms with Crippen LogP contribution in [-0.4, -0.2) is 52.2 Å². The molecule has 4 heteroatoms. The van der Waals surface area contributed by atoms with Crippen molar-refractivity contribution in [2.45, 2.75) is 57.5 Å². The van der Waals surface area contributed by atoms with Crippen LogP contribution < -0.4 is 0 Å². The fourth-order valence-electron chi connectivity index (χ4n) is 4.79. The Morgan fingerprint density at radius 2 is 1.73 bits per heavy atom. The molecule has 26 heavy (non-hydrogen) atoms. The summed E-state index contributed by atoms with van der Waals surface area (Å²) in [7, 11) is 0. The summed E-state index contributed by atoms with van der Waals surface area (Å²) in [5.41, 5.74) is 4.26. The molecule has 0 aliphatic carbocycles. The Bertz CT molecular complexity index is 664. The zero-order valence-corrected chi connectivity index (χ0v) is 16.0. The average Bonchev–Trinajstić information content (AvgIpc) is 3.18. The minimum absolute atomic E-state index is 0.682. The van der Waals surface area contributed by atoms with Gasteiger partial charge in [0, 0.05) is 24.2 Å². The number of aromatic nitrogens is 2. The van der Waals surface area contributed by atoms with E-state index >= 15 is 0 Å². The first-order valence-electron chi connectivity index (χ1n) is 10.4. The Kier molecular flexibility index (Phi) is 5.71. The molecule has 2 saturated heterocycles. The Balaban J connectivity index is 1.25. The number of hydrogen-bond acceptors (Lipinski definition) is 3. The molecule has 2 aromatic rings. The molecule has 2 fully saturated rings. The minimum atomic E-state index is 0.682. The summed E-state index contributed by atoms with van der Waals surface area (Å²) in [6.45, 7) is 8.30. The lowest BCUT2D eigenvalue weighted by molar-refractivity contribution is 0.0841. The van der Waals surface area contributed by atoms with Gasteiger partial charge in [-0.25, -0.2) is 0 Å². The normalized spacial score (nSPS) is 21.3. The van der Waals surface area contributed by atoms with Gasteiger partial charge in [-0.2, -0.15) is 5.10 Å². The second-order valence-corrected chi connectivity index (χ2v) is 7.97. The van der Waals surface area contributed by atoms with Crippen molar-refractivity contribution in [3.05, 3.63) is 53.3 Å². The molecule has 0 radical (unpaired) electrons. The van der Waals surface area contributed by atoms with Crippen molar-refractivity contribution in [1.29, 1.82) is 0 Å². The van der Waals surface area contributed by atoms with E-state index in [1.54, 1.807) is 0 Å². The average molecular weight is 353 g/mol. The van der Waals surface area contributed by atoms with Crippen LogP contribution in [0.1, 0.15) is 55.3 Å². The highest BCUT2D eigenvalue weighted by Gasteiger charge is 2.29. The molecule has 0 bridgehead atoms. The molecular formula is C22H32N4. The van der Waals surface area contributed by atoms with Gasteiger partial charge in [-0.1, -0.05) is 37.3 Å². The first-order chi connectivity index (χ1) is 12.8. The summed E-state index contributed by atoms with van der Waals surface area (Å²) in [6.07, 6.45) is 8.30. The molecule has 0 saturated carbocycles. The molecule has 1 aromatic heterocycles. The summed E-state index contributed by atoms with van der Waals surface area (Å²) in [6, 6.07) is 11.7. The number of likely N-dealkylation sites (tertiary alicyclic amines) is 2. The van der Waals surface area contributed by atoms with Crippen LogP contribution in [0.25, 0.3) is 0 Å². The SMILES string of the molecule is CCc1cn[nH]c1C1CCN(C2CCN(Cc3ccccc3)CC2)CC1. The van der Waals surface area contributed by atoms with Crippen molar-refractivity contribution in [2.75, 3.05) is 26.2 Å². The third-order valence-corrected chi connectivity index (χ3v) is 6.39. The van der Waals surface area contributed by atoms with Gasteiger partial charge in [-0.3, -0.25) is 10.00 Å². The van der Waals surface area contributed by atoms with Gasteiger partial charge in [0.25, 0.3) is 0 Å². The second kappa shape index (κ2) is 8.36. The fourth-order valence-corrected chi connectivity index (χ4v) is 4.79. The van der Waals surface area contributed by atoms with E-state index in [1.165, 1.54) is 68.7 Å². The van der Waals surface area contributed by atoms with Gasteiger partial charge in [0.2, 0.25) is 0 Å². The number of H-pyrrole nitrogens is 1. The van der Waals surface area contributed by atoms with E-state index in [-0.39, 0.29) is 0 Å². The third kappa shape index (κ3) is 4.02. The standard InChI is InChI=1S/C22H32N4/c1-2-19-16-23-24-22(19)20-8-14-26(15-9-20)21-10-12-25(13-11-21)17-18-6-4-3-5-7-18/h3-7,16,20-21H,2,8-15,17H2,1H3,(H,23,24). The molecule has 0 unspecified atom stereocenters. The number of piperidine rings is 2. The molecule has 0 spiro atoms. The van der Waals surface area contributed by atoms with Crippen molar-refractivity contribution < 1.29 is 0 Å². The summed E-state index contributed by atoms with van der Waals surface area (Å²) in [4.78, 5) is 5.38. The van der Waals surface area contributed by atoms with E-state index in [4.69, 9.17) is 0 Å². The number of hydrogen-bond donors (Lipinski definition) is 1. The molecule has 4 rings (SSSR count). The Morgan fingerprint density at radius 1 is 1.00 bits per heavy atom. The van der Waals surface area contributed by atoms with Crippen molar-refractivity contribution in [3.63, 3.8) is 0 Å². The van der Waals surface area contributed by atoms with Gasteiger partial charge in [-0.05, 0) is 69.4 Å². The summed E-state index contributed by atoms with van der Waals surface area (Å²) in [5.74, 6) is 0.682. The number of aryl methyl sites for hydroxylation is 1. The van der Waals surface area contributed by atoms with Gasteiger partial charge in [0.15, 0.2) is 0 Å². The highest BCUT2D eigenvalue weighted by molar-refractivity contribution is 5.21. The van der Waals surface area contributed by atoms with Crippen molar-refractivity contribution in [1.82, 2.24) is 20.0 Å². The lowest BCUT2D eigenvalue weighted by Gasteiger charge is -2.41. The van der Waals surface area contributed by atoms with E-state index in [0.717, 1.165) is 19.0 Å². The minimum Gasteiger partial charge on any atom is -0.300 e. The zero-order valence-electron chi connectivity index (χ0n) is 16.0. The summed E-state index contributed by atoms with van der Waals surface area (Å²) < 4.78 is 0. The van der Waals surface area contributed by atoms with E-state index in [1.807, 2.05) is 6.20 Å². The van der Waals surface area contributed by atoms with Gasteiger partial charge in [0.1, 0.15) is 0 Å². The largest absolute Gasteiger partial charge is 0.300 e. The first-order valence-corrected chi connectivity index (χ1v) is 10.4. The third-order valence-electron chi connectivity index (χ3n) is 6.39. The molecule has 4 nitrogen and oxygen atoms in total. The van der Waals surface area contributed by atoms with Crippen molar-refractivity contribution in [3.8, 4) is 0 Å². The van der Waals surface area contributed by atoms with Crippen LogP contribution in [0.3, 0.4) is 0 Å². The maximum Gasteiger partial charge on any atom is 0.0522 e. The van der Waals surface area contributed by atoms with Crippen molar-refractivity contribution in [2.24, 2.45) is 0 Å². The summed E-state index contributed by atoms with van der Waals surface area (Å²) in [5, 5.41) is 7.55. The molecule has 3 heterocycles. The fraction of sp³-hybridized carbons (Fsp3) is 0.591. The lowest BCUT2D eigenvalue weighted by Crippen LogP contribution is -2.47. The Labute approximate surface area is 157 Å². The van der Waals surface area contributed by atoms with E-state index in [0.29, 0.717) is 5.92 Å². The Hall–Kier alpha value is -1.65. The van der Waals surface area contributed by atoms with Gasteiger partial charge in [-0.15, -0.1) is 0 Å².